The van der Waals surface area contributed by atoms with Crippen molar-refractivity contribution in [2.45, 2.75) is 0 Å². The van der Waals surface area contributed by atoms with Crippen molar-refractivity contribution in [2.24, 2.45) is 0 Å². The van der Waals surface area contributed by atoms with Gasteiger partial charge in [0.2, 0.25) is 0 Å². The lowest BCUT2D eigenvalue weighted by Crippen LogP contribution is -2.00. The Morgan fingerprint density at radius 2 is 0.857 bits per heavy atom. The van der Waals surface area contributed by atoms with Crippen LogP contribution in [0.4, 0.5) is 0 Å². The summed E-state index contributed by atoms with van der Waals surface area (Å²) < 4.78 is 6.60. The molecule has 0 amide bonds. The molecular weight excluding hydrogens is 599 g/mol. The molecule has 228 valence electrons. The number of furan rings is 1. The predicted octanol–water partition coefficient (Wildman–Crippen LogP) is 11.9. The summed E-state index contributed by atoms with van der Waals surface area (Å²) in [5.41, 5.74) is 6.68. The molecule has 8 aromatic carbocycles. The SMILES string of the molecule is c1ccc(-c2ccc3cc(-c4nc(-c5ccc6ccccc6c5)nc(-c5cccc6c5oc5cc7ccccc7cc56)n4)ccc3c2)cc1. The molecule has 10 rings (SSSR count). The Balaban J connectivity index is 1.17. The first-order valence-corrected chi connectivity index (χ1v) is 16.4. The lowest BCUT2D eigenvalue weighted by Gasteiger charge is -2.10. The van der Waals surface area contributed by atoms with Crippen molar-refractivity contribution in [2.75, 3.05) is 0 Å². The van der Waals surface area contributed by atoms with Crippen LogP contribution in [0.25, 0.3) is 99.5 Å². The molecule has 0 aliphatic rings. The first-order valence-electron chi connectivity index (χ1n) is 16.4. The van der Waals surface area contributed by atoms with Crippen LogP contribution in [0.5, 0.6) is 0 Å². The minimum absolute atomic E-state index is 0.571. The fourth-order valence-electron chi connectivity index (χ4n) is 6.94. The number of para-hydroxylation sites is 1. The topological polar surface area (TPSA) is 51.8 Å². The first-order chi connectivity index (χ1) is 24.2. The van der Waals surface area contributed by atoms with Gasteiger partial charge in [-0.25, -0.2) is 15.0 Å². The summed E-state index contributed by atoms with van der Waals surface area (Å²) in [6.45, 7) is 0. The molecule has 0 bridgehead atoms. The van der Waals surface area contributed by atoms with Crippen LogP contribution in [0.3, 0.4) is 0 Å². The van der Waals surface area contributed by atoms with Crippen LogP contribution in [-0.2, 0) is 0 Å². The van der Waals surface area contributed by atoms with E-state index in [2.05, 4.69) is 152 Å². The maximum atomic E-state index is 6.60. The maximum Gasteiger partial charge on any atom is 0.167 e. The number of hydrogen-bond donors (Lipinski definition) is 0. The summed E-state index contributed by atoms with van der Waals surface area (Å²) in [6, 6.07) is 57.1. The van der Waals surface area contributed by atoms with Gasteiger partial charge in [0.15, 0.2) is 17.5 Å². The third-order valence-corrected chi connectivity index (χ3v) is 9.45. The van der Waals surface area contributed by atoms with E-state index in [1.54, 1.807) is 0 Å². The molecule has 0 unspecified atom stereocenters. The van der Waals surface area contributed by atoms with E-state index in [9.17, 15) is 0 Å². The highest BCUT2D eigenvalue weighted by Gasteiger charge is 2.18. The minimum atomic E-state index is 0.571. The number of nitrogens with zero attached hydrogens (tertiary/aromatic N) is 3. The van der Waals surface area contributed by atoms with Gasteiger partial charge < -0.3 is 4.42 Å². The Morgan fingerprint density at radius 1 is 0.327 bits per heavy atom. The summed E-state index contributed by atoms with van der Waals surface area (Å²) in [6.07, 6.45) is 0. The zero-order valence-corrected chi connectivity index (χ0v) is 26.3. The third kappa shape index (κ3) is 4.73. The Hall–Kier alpha value is -6.65. The summed E-state index contributed by atoms with van der Waals surface area (Å²) >= 11 is 0. The molecule has 2 heterocycles. The Kier molecular flexibility index (Phi) is 6.15. The van der Waals surface area contributed by atoms with Crippen molar-refractivity contribution >= 4 is 54.3 Å². The van der Waals surface area contributed by atoms with Crippen LogP contribution in [0.15, 0.2) is 168 Å². The van der Waals surface area contributed by atoms with Gasteiger partial charge in [0.05, 0.1) is 5.56 Å². The van der Waals surface area contributed by atoms with Crippen LogP contribution in [0.1, 0.15) is 0 Å². The van der Waals surface area contributed by atoms with Gasteiger partial charge in [-0.3, -0.25) is 0 Å². The molecule has 4 nitrogen and oxygen atoms in total. The first kappa shape index (κ1) is 27.5. The molecule has 0 atom stereocenters. The molecule has 0 aliphatic heterocycles. The molecular formula is C45H27N3O. The van der Waals surface area contributed by atoms with E-state index in [4.69, 9.17) is 19.4 Å². The second-order valence-corrected chi connectivity index (χ2v) is 12.5. The summed E-state index contributed by atoms with van der Waals surface area (Å²) in [5, 5.41) is 9.02. The third-order valence-electron chi connectivity index (χ3n) is 9.45. The number of rotatable bonds is 4. The van der Waals surface area contributed by atoms with E-state index < -0.39 is 0 Å². The number of benzene rings is 8. The highest BCUT2D eigenvalue weighted by atomic mass is 16.3. The van der Waals surface area contributed by atoms with E-state index in [-0.39, 0.29) is 0 Å². The molecule has 4 heteroatoms. The molecule has 0 aliphatic carbocycles. The largest absolute Gasteiger partial charge is 0.455 e. The summed E-state index contributed by atoms with van der Waals surface area (Å²) in [5.74, 6) is 1.80. The van der Waals surface area contributed by atoms with E-state index in [1.165, 1.54) is 21.9 Å². The summed E-state index contributed by atoms with van der Waals surface area (Å²) in [7, 11) is 0. The lowest BCUT2D eigenvalue weighted by atomic mass is 10.00. The van der Waals surface area contributed by atoms with Gasteiger partial charge in [-0.15, -0.1) is 0 Å². The quantitative estimate of drug-likeness (QED) is 0.195. The molecule has 0 saturated carbocycles. The van der Waals surface area contributed by atoms with Crippen LogP contribution in [-0.4, -0.2) is 15.0 Å². The molecule has 10 aromatic rings. The highest BCUT2D eigenvalue weighted by Crippen LogP contribution is 2.38. The normalized spacial score (nSPS) is 11.7. The number of hydrogen-bond acceptors (Lipinski definition) is 4. The Labute approximate surface area is 282 Å². The van der Waals surface area contributed by atoms with Gasteiger partial charge in [0.25, 0.3) is 0 Å². The fraction of sp³-hybridized carbons (Fsp3) is 0. The number of fused-ring (bicyclic) bond motifs is 6. The molecule has 0 spiro atoms. The zero-order valence-electron chi connectivity index (χ0n) is 26.3. The van der Waals surface area contributed by atoms with Crippen molar-refractivity contribution in [1.82, 2.24) is 15.0 Å². The second-order valence-electron chi connectivity index (χ2n) is 12.5. The smallest absolute Gasteiger partial charge is 0.167 e. The Bertz CT molecular complexity index is 2890. The predicted molar refractivity (Wildman–Crippen MR) is 201 cm³/mol. The second kappa shape index (κ2) is 11.0. The molecule has 0 saturated heterocycles. The zero-order chi connectivity index (χ0) is 32.3. The van der Waals surface area contributed by atoms with Crippen molar-refractivity contribution in [3.8, 4) is 45.3 Å². The van der Waals surface area contributed by atoms with Gasteiger partial charge >= 0.3 is 0 Å². The van der Waals surface area contributed by atoms with Gasteiger partial charge in [-0.1, -0.05) is 127 Å². The van der Waals surface area contributed by atoms with Crippen LogP contribution in [0, 0.1) is 0 Å². The Morgan fingerprint density at radius 3 is 1.57 bits per heavy atom. The van der Waals surface area contributed by atoms with Crippen molar-refractivity contribution < 1.29 is 4.42 Å². The molecule has 49 heavy (non-hydrogen) atoms. The highest BCUT2D eigenvalue weighted by molar-refractivity contribution is 6.13. The van der Waals surface area contributed by atoms with Crippen LogP contribution < -0.4 is 0 Å². The van der Waals surface area contributed by atoms with Gasteiger partial charge in [-0.2, -0.15) is 0 Å². The van der Waals surface area contributed by atoms with E-state index in [0.717, 1.165) is 60.2 Å². The van der Waals surface area contributed by atoms with Crippen molar-refractivity contribution in [3.05, 3.63) is 164 Å². The van der Waals surface area contributed by atoms with Gasteiger partial charge in [-0.05, 0) is 79.8 Å². The number of aromatic nitrogens is 3. The lowest BCUT2D eigenvalue weighted by molar-refractivity contribution is 0.670. The van der Waals surface area contributed by atoms with Crippen LogP contribution >= 0.6 is 0 Å². The molecule has 0 N–H and O–H groups in total. The minimum Gasteiger partial charge on any atom is -0.455 e. The average molecular weight is 626 g/mol. The monoisotopic (exact) mass is 625 g/mol. The maximum absolute atomic E-state index is 6.60. The molecule has 2 aromatic heterocycles. The standard InChI is InChI=1S/C45H27N3O/c1-2-9-28(10-3-1)33-18-19-35-25-37(22-20-34(35)23-33)44-46-43(36-21-17-29-11-4-5-12-30(29)24-36)47-45(48-44)39-16-8-15-38-40-26-31-13-6-7-14-32(31)27-41(40)49-42(38)39/h1-27H. The molecule has 0 fully saturated rings. The van der Waals surface area contributed by atoms with Gasteiger partial charge in [0.1, 0.15) is 11.2 Å². The molecule has 0 radical (unpaired) electrons. The van der Waals surface area contributed by atoms with Gasteiger partial charge in [0, 0.05) is 21.9 Å². The van der Waals surface area contributed by atoms with E-state index in [1.807, 2.05) is 12.1 Å². The van der Waals surface area contributed by atoms with E-state index >= 15 is 0 Å². The average Bonchev–Trinajstić information content (AvgIpc) is 3.54. The van der Waals surface area contributed by atoms with Crippen molar-refractivity contribution in [1.29, 1.82) is 0 Å². The summed E-state index contributed by atoms with van der Waals surface area (Å²) in [4.78, 5) is 15.3. The van der Waals surface area contributed by atoms with E-state index in [0.29, 0.717) is 17.5 Å². The van der Waals surface area contributed by atoms with Crippen LogP contribution in [0.2, 0.25) is 0 Å². The van der Waals surface area contributed by atoms with Crippen molar-refractivity contribution in [3.63, 3.8) is 0 Å². The fourth-order valence-corrected chi connectivity index (χ4v) is 6.94.